The number of ether oxygens (including phenoxy) is 1. The number of benzene rings is 1. The molecule has 7 heteroatoms. The Morgan fingerprint density at radius 1 is 1.24 bits per heavy atom. The van der Waals surface area contributed by atoms with E-state index in [1.807, 2.05) is 6.92 Å². The third-order valence-electron chi connectivity index (χ3n) is 3.56. The number of aromatic nitrogens is 2. The van der Waals surface area contributed by atoms with Gasteiger partial charge in [0, 0.05) is 17.9 Å². The third-order valence-corrected chi connectivity index (χ3v) is 3.86. The fraction of sp³-hybridized carbons (Fsp3) is 0.389. The van der Waals surface area contributed by atoms with E-state index in [1.54, 1.807) is 24.3 Å². The van der Waals surface area contributed by atoms with Crippen molar-refractivity contribution in [2.75, 3.05) is 24.3 Å². The zero-order valence-electron chi connectivity index (χ0n) is 14.7. The van der Waals surface area contributed by atoms with Crippen LogP contribution in [0.5, 0.6) is 5.75 Å². The number of hydrogen-bond donors (Lipinski definition) is 2. The lowest BCUT2D eigenvalue weighted by molar-refractivity contribution is 0.102. The van der Waals surface area contributed by atoms with Gasteiger partial charge in [-0.25, -0.2) is 9.97 Å². The molecule has 0 fully saturated rings. The molecule has 0 saturated heterocycles. The van der Waals surface area contributed by atoms with E-state index in [4.69, 9.17) is 16.3 Å². The van der Waals surface area contributed by atoms with Gasteiger partial charge in [-0.3, -0.25) is 4.79 Å². The zero-order chi connectivity index (χ0) is 18.2. The molecule has 2 aromatic rings. The first-order valence-corrected chi connectivity index (χ1v) is 8.65. The largest absolute Gasteiger partial charge is 0.495 e. The highest BCUT2D eigenvalue weighted by molar-refractivity contribution is 6.32. The van der Waals surface area contributed by atoms with E-state index in [2.05, 4.69) is 27.5 Å². The molecule has 0 aliphatic rings. The minimum atomic E-state index is -0.316. The Hall–Kier alpha value is -2.34. The van der Waals surface area contributed by atoms with Gasteiger partial charge in [0.2, 0.25) is 5.95 Å². The molecular weight excluding hydrogens is 340 g/mol. The number of aryl methyl sites for hydroxylation is 1. The topological polar surface area (TPSA) is 76.1 Å². The number of nitrogens with zero attached hydrogens (tertiary/aromatic N) is 2. The lowest BCUT2D eigenvalue weighted by Gasteiger charge is -2.10. The van der Waals surface area contributed by atoms with Crippen LogP contribution in [-0.2, 0) is 0 Å². The molecule has 1 amide bonds. The van der Waals surface area contributed by atoms with Gasteiger partial charge in [-0.05, 0) is 37.6 Å². The fourth-order valence-corrected chi connectivity index (χ4v) is 2.54. The van der Waals surface area contributed by atoms with Crippen LogP contribution < -0.4 is 15.4 Å². The Morgan fingerprint density at radius 2 is 2.04 bits per heavy atom. The van der Waals surface area contributed by atoms with E-state index in [0.29, 0.717) is 28.1 Å². The van der Waals surface area contributed by atoms with Gasteiger partial charge in [-0.2, -0.15) is 0 Å². The maximum atomic E-state index is 12.5. The molecule has 0 spiro atoms. The number of unbranched alkanes of at least 4 members (excludes halogenated alkanes) is 2. The minimum Gasteiger partial charge on any atom is -0.495 e. The Balaban J connectivity index is 2.08. The van der Waals surface area contributed by atoms with Crippen molar-refractivity contribution in [1.82, 2.24) is 9.97 Å². The van der Waals surface area contributed by atoms with Crippen LogP contribution in [0.15, 0.2) is 24.3 Å². The summed E-state index contributed by atoms with van der Waals surface area (Å²) in [5.74, 6) is 0.702. The van der Waals surface area contributed by atoms with Gasteiger partial charge in [0.15, 0.2) is 0 Å². The first-order valence-electron chi connectivity index (χ1n) is 8.28. The summed E-state index contributed by atoms with van der Waals surface area (Å²) in [6, 6.07) is 6.71. The molecule has 134 valence electrons. The van der Waals surface area contributed by atoms with Crippen molar-refractivity contribution in [2.24, 2.45) is 0 Å². The number of methoxy groups -OCH3 is 1. The summed E-state index contributed by atoms with van der Waals surface area (Å²) >= 11 is 6.08. The number of rotatable bonds is 8. The van der Waals surface area contributed by atoms with Gasteiger partial charge in [-0.15, -0.1) is 0 Å². The average molecular weight is 363 g/mol. The summed E-state index contributed by atoms with van der Waals surface area (Å²) in [5.41, 5.74) is 1.60. The highest BCUT2D eigenvalue weighted by Crippen LogP contribution is 2.27. The average Bonchev–Trinajstić information content (AvgIpc) is 2.58. The standard InChI is InChI=1S/C18H23ClN4O2/c1-4-5-6-9-20-18-21-12(2)10-15(23-18)17(24)22-13-7-8-16(25-3)14(19)11-13/h7-8,10-11H,4-6,9H2,1-3H3,(H,22,24)(H,20,21,23). The number of amides is 1. The molecule has 2 rings (SSSR count). The van der Waals surface area contributed by atoms with Crippen molar-refractivity contribution in [3.63, 3.8) is 0 Å². The monoisotopic (exact) mass is 362 g/mol. The number of nitrogens with one attached hydrogen (secondary N) is 2. The molecule has 1 heterocycles. The van der Waals surface area contributed by atoms with Crippen molar-refractivity contribution < 1.29 is 9.53 Å². The van der Waals surface area contributed by atoms with E-state index in [1.165, 1.54) is 7.11 Å². The van der Waals surface area contributed by atoms with Gasteiger partial charge in [0.1, 0.15) is 11.4 Å². The van der Waals surface area contributed by atoms with Gasteiger partial charge in [0.05, 0.1) is 12.1 Å². The second-order valence-electron chi connectivity index (χ2n) is 5.66. The van der Waals surface area contributed by atoms with Gasteiger partial charge >= 0.3 is 0 Å². The molecule has 0 bridgehead atoms. The Kier molecular flexibility index (Phi) is 7.01. The highest BCUT2D eigenvalue weighted by atomic mass is 35.5. The molecule has 2 N–H and O–H groups in total. The number of carbonyl (C=O) groups excluding carboxylic acids is 1. The SMILES string of the molecule is CCCCCNc1nc(C)cc(C(=O)Nc2ccc(OC)c(Cl)c2)n1. The van der Waals surface area contributed by atoms with Crippen molar-refractivity contribution in [3.8, 4) is 5.75 Å². The summed E-state index contributed by atoms with van der Waals surface area (Å²) in [4.78, 5) is 21.1. The van der Waals surface area contributed by atoms with Gasteiger partial charge < -0.3 is 15.4 Å². The molecule has 1 aromatic heterocycles. The van der Waals surface area contributed by atoms with E-state index in [9.17, 15) is 4.79 Å². The predicted octanol–water partition coefficient (Wildman–Crippen LogP) is 4.30. The Bertz CT molecular complexity index is 737. The maximum Gasteiger partial charge on any atom is 0.274 e. The van der Waals surface area contributed by atoms with Gasteiger partial charge in [0.25, 0.3) is 5.91 Å². The van der Waals surface area contributed by atoms with Gasteiger partial charge in [-0.1, -0.05) is 31.4 Å². The quantitative estimate of drug-likeness (QED) is 0.684. The molecule has 0 aliphatic heterocycles. The minimum absolute atomic E-state index is 0.303. The lowest BCUT2D eigenvalue weighted by Crippen LogP contribution is -2.16. The maximum absolute atomic E-state index is 12.5. The smallest absolute Gasteiger partial charge is 0.274 e. The van der Waals surface area contributed by atoms with Crippen LogP contribution in [0.4, 0.5) is 11.6 Å². The van der Waals surface area contributed by atoms with Crippen molar-refractivity contribution in [1.29, 1.82) is 0 Å². The molecule has 0 atom stereocenters. The van der Waals surface area contributed by atoms with Crippen molar-refractivity contribution in [3.05, 3.63) is 40.7 Å². The van der Waals surface area contributed by atoms with Crippen LogP contribution >= 0.6 is 11.6 Å². The van der Waals surface area contributed by atoms with Crippen LogP contribution in [0.2, 0.25) is 5.02 Å². The van der Waals surface area contributed by atoms with Crippen LogP contribution in [0.1, 0.15) is 42.4 Å². The third kappa shape index (κ3) is 5.60. The molecular formula is C18H23ClN4O2. The lowest BCUT2D eigenvalue weighted by atomic mass is 10.2. The van der Waals surface area contributed by atoms with E-state index < -0.39 is 0 Å². The summed E-state index contributed by atoms with van der Waals surface area (Å²) in [5, 5.41) is 6.38. The highest BCUT2D eigenvalue weighted by Gasteiger charge is 2.12. The molecule has 0 unspecified atom stereocenters. The molecule has 25 heavy (non-hydrogen) atoms. The summed E-state index contributed by atoms with van der Waals surface area (Å²) in [6.45, 7) is 4.77. The zero-order valence-corrected chi connectivity index (χ0v) is 15.5. The predicted molar refractivity (Wildman–Crippen MR) is 101 cm³/mol. The molecule has 0 aliphatic carbocycles. The number of anilines is 2. The number of halogens is 1. The Morgan fingerprint density at radius 3 is 2.72 bits per heavy atom. The number of carbonyl (C=O) groups is 1. The molecule has 0 radical (unpaired) electrons. The summed E-state index contributed by atoms with van der Waals surface area (Å²) < 4.78 is 5.10. The first kappa shape index (κ1) is 19.0. The number of hydrogen-bond acceptors (Lipinski definition) is 5. The van der Waals surface area contributed by atoms with Crippen LogP contribution in [-0.4, -0.2) is 29.5 Å². The van der Waals surface area contributed by atoms with Crippen LogP contribution in [0.3, 0.4) is 0 Å². The van der Waals surface area contributed by atoms with Crippen molar-refractivity contribution in [2.45, 2.75) is 33.1 Å². The molecule has 0 saturated carbocycles. The second kappa shape index (κ2) is 9.22. The summed E-state index contributed by atoms with van der Waals surface area (Å²) in [6.07, 6.45) is 3.33. The summed E-state index contributed by atoms with van der Waals surface area (Å²) in [7, 11) is 1.54. The normalized spacial score (nSPS) is 10.4. The van der Waals surface area contributed by atoms with Crippen molar-refractivity contribution >= 4 is 29.1 Å². The van der Waals surface area contributed by atoms with E-state index >= 15 is 0 Å². The van der Waals surface area contributed by atoms with E-state index in [-0.39, 0.29) is 5.91 Å². The fourth-order valence-electron chi connectivity index (χ4n) is 2.28. The van der Waals surface area contributed by atoms with E-state index in [0.717, 1.165) is 31.5 Å². The Labute approximate surface area is 153 Å². The first-order chi connectivity index (χ1) is 12.0. The second-order valence-corrected chi connectivity index (χ2v) is 6.06. The molecule has 6 nitrogen and oxygen atoms in total. The van der Waals surface area contributed by atoms with Crippen LogP contribution in [0.25, 0.3) is 0 Å². The van der Waals surface area contributed by atoms with Crippen LogP contribution in [0, 0.1) is 6.92 Å². The molecule has 1 aromatic carbocycles.